The summed E-state index contributed by atoms with van der Waals surface area (Å²) in [6.07, 6.45) is 5.29. The molecule has 2 rings (SSSR count). The highest BCUT2D eigenvalue weighted by atomic mass is 16.4. The average Bonchev–Trinajstić information content (AvgIpc) is 3.10. The minimum atomic E-state index is -0.973. The van der Waals surface area contributed by atoms with E-state index in [9.17, 15) is 4.79 Å². The van der Waals surface area contributed by atoms with Gasteiger partial charge in [0.25, 0.3) is 0 Å². The van der Waals surface area contributed by atoms with Crippen molar-refractivity contribution in [3.05, 3.63) is 30.5 Å². The lowest BCUT2D eigenvalue weighted by Gasteiger charge is -2.22. The first-order valence-electron chi connectivity index (χ1n) is 5.16. The predicted molar refractivity (Wildman–Crippen MR) is 59.6 cm³/mol. The molecule has 16 heavy (non-hydrogen) atoms. The topological polar surface area (TPSA) is 66.3 Å². The van der Waals surface area contributed by atoms with Crippen molar-refractivity contribution in [3.8, 4) is 0 Å². The summed E-state index contributed by atoms with van der Waals surface area (Å²) in [5, 5.41) is 16.7. The summed E-state index contributed by atoms with van der Waals surface area (Å²) < 4.78 is 0. The number of aromatic nitrogens is 2. The highest BCUT2D eigenvalue weighted by Gasteiger charge is 2.31. The fourth-order valence-electron chi connectivity index (χ4n) is 1.64. The summed E-state index contributed by atoms with van der Waals surface area (Å²) in [6.45, 7) is 4.27. The zero-order chi connectivity index (χ0) is 11.5. The van der Waals surface area contributed by atoms with Crippen LogP contribution in [0.4, 0.5) is 5.82 Å². The maximum Gasteiger partial charge on any atom is 0.339 e. The molecule has 1 aliphatic carbocycles. The lowest BCUT2D eigenvalue weighted by molar-refractivity contribution is 0.0697. The molecule has 84 valence electrons. The fourth-order valence-corrected chi connectivity index (χ4v) is 1.64. The van der Waals surface area contributed by atoms with Crippen LogP contribution in [0.1, 0.15) is 23.2 Å². The summed E-state index contributed by atoms with van der Waals surface area (Å²) in [5.41, 5.74) is 0.198. The van der Waals surface area contributed by atoms with Crippen LogP contribution in [0.15, 0.2) is 24.9 Å². The van der Waals surface area contributed by atoms with Gasteiger partial charge in [-0.05, 0) is 18.9 Å². The van der Waals surface area contributed by atoms with E-state index in [0.29, 0.717) is 18.4 Å². The molecule has 0 amide bonds. The van der Waals surface area contributed by atoms with E-state index in [0.717, 1.165) is 12.8 Å². The van der Waals surface area contributed by atoms with Crippen molar-refractivity contribution in [2.75, 3.05) is 11.4 Å². The van der Waals surface area contributed by atoms with E-state index in [4.69, 9.17) is 5.11 Å². The van der Waals surface area contributed by atoms with Gasteiger partial charge in [0, 0.05) is 12.6 Å². The van der Waals surface area contributed by atoms with Crippen molar-refractivity contribution in [3.63, 3.8) is 0 Å². The monoisotopic (exact) mass is 219 g/mol. The summed E-state index contributed by atoms with van der Waals surface area (Å²) in [5.74, 6) is -0.531. The molecule has 0 radical (unpaired) electrons. The summed E-state index contributed by atoms with van der Waals surface area (Å²) in [4.78, 5) is 13.0. The third-order valence-corrected chi connectivity index (χ3v) is 2.52. The number of hydrogen-bond donors (Lipinski definition) is 1. The van der Waals surface area contributed by atoms with Crippen LogP contribution in [0.5, 0.6) is 0 Å². The number of aromatic carboxylic acids is 1. The fraction of sp³-hybridized carbons (Fsp3) is 0.364. The molecule has 0 aliphatic heterocycles. The molecule has 5 heteroatoms. The molecule has 0 spiro atoms. The van der Waals surface area contributed by atoms with E-state index in [1.54, 1.807) is 6.08 Å². The van der Waals surface area contributed by atoms with Crippen molar-refractivity contribution in [2.24, 2.45) is 0 Å². The first-order chi connectivity index (χ1) is 7.74. The van der Waals surface area contributed by atoms with E-state index in [2.05, 4.69) is 16.8 Å². The SMILES string of the molecule is C=CCN(c1nnccc1C(=O)O)C1CC1. The Morgan fingerprint density at radius 2 is 2.44 bits per heavy atom. The van der Waals surface area contributed by atoms with E-state index in [1.165, 1.54) is 12.3 Å². The molecule has 1 fully saturated rings. The minimum absolute atomic E-state index is 0.198. The van der Waals surface area contributed by atoms with Crippen molar-refractivity contribution < 1.29 is 9.90 Å². The lowest BCUT2D eigenvalue weighted by Crippen LogP contribution is -2.28. The van der Waals surface area contributed by atoms with Gasteiger partial charge in [0.2, 0.25) is 0 Å². The van der Waals surface area contributed by atoms with Crippen LogP contribution in [0.2, 0.25) is 0 Å². The molecule has 1 saturated carbocycles. The molecule has 1 aromatic heterocycles. The van der Waals surface area contributed by atoms with Gasteiger partial charge < -0.3 is 10.0 Å². The highest BCUT2D eigenvalue weighted by Crippen LogP contribution is 2.31. The Balaban J connectivity index is 2.35. The Morgan fingerprint density at radius 1 is 1.69 bits per heavy atom. The number of carboxylic acids is 1. The number of anilines is 1. The first kappa shape index (κ1) is 10.6. The van der Waals surface area contributed by atoms with E-state index in [-0.39, 0.29) is 5.56 Å². The minimum Gasteiger partial charge on any atom is -0.478 e. The van der Waals surface area contributed by atoms with E-state index in [1.807, 2.05) is 4.90 Å². The van der Waals surface area contributed by atoms with Crippen molar-refractivity contribution in [1.82, 2.24) is 10.2 Å². The number of nitrogens with zero attached hydrogens (tertiary/aromatic N) is 3. The molecule has 0 bridgehead atoms. The molecule has 0 saturated heterocycles. The standard InChI is InChI=1S/C11H13N3O2/c1-2-7-14(8-3-4-8)10-9(11(15)16)5-6-12-13-10/h2,5-6,8H,1,3-4,7H2,(H,15,16). The van der Waals surface area contributed by atoms with Crippen LogP contribution in [0.3, 0.4) is 0 Å². The largest absolute Gasteiger partial charge is 0.478 e. The van der Waals surface area contributed by atoms with Crippen molar-refractivity contribution >= 4 is 11.8 Å². The molecular formula is C11H13N3O2. The average molecular weight is 219 g/mol. The predicted octanol–water partition coefficient (Wildman–Crippen LogP) is 1.33. The molecule has 1 N–H and O–H groups in total. The maximum atomic E-state index is 11.1. The molecule has 0 aromatic carbocycles. The zero-order valence-electron chi connectivity index (χ0n) is 8.83. The van der Waals surface area contributed by atoms with Gasteiger partial charge in [-0.1, -0.05) is 6.08 Å². The second kappa shape index (κ2) is 4.30. The van der Waals surface area contributed by atoms with Gasteiger partial charge in [0.1, 0.15) is 5.56 Å². The third-order valence-electron chi connectivity index (χ3n) is 2.52. The Bertz CT molecular complexity index is 415. The zero-order valence-corrected chi connectivity index (χ0v) is 8.83. The highest BCUT2D eigenvalue weighted by molar-refractivity contribution is 5.93. The van der Waals surface area contributed by atoms with Crippen LogP contribution in [0, 0.1) is 0 Å². The molecule has 1 aliphatic rings. The quantitative estimate of drug-likeness (QED) is 0.757. The normalized spacial score (nSPS) is 14.5. The van der Waals surface area contributed by atoms with Gasteiger partial charge in [-0.25, -0.2) is 4.79 Å². The summed E-state index contributed by atoms with van der Waals surface area (Å²) >= 11 is 0. The molecule has 0 atom stereocenters. The first-order valence-corrected chi connectivity index (χ1v) is 5.16. The van der Waals surface area contributed by atoms with Gasteiger partial charge in [-0.15, -0.1) is 11.7 Å². The van der Waals surface area contributed by atoms with Gasteiger partial charge in [0.15, 0.2) is 5.82 Å². The number of rotatable bonds is 5. The Labute approximate surface area is 93.4 Å². The number of carboxylic acid groups (broad SMARTS) is 1. The number of carbonyl (C=O) groups is 1. The molecule has 0 unspecified atom stereocenters. The van der Waals surface area contributed by atoms with Crippen molar-refractivity contribution in [1.29, 1.82) is 0 Å². The van der Waals surface area contributed by atoms with Crippen LogP contribution in [0.25, 0.3) is 0 Å². The molecule has 5 nitrogen and oxygen atoms in total. The smallest absolute Gasteiger partial charge is 0.339 e. The maximum absolute atomic E-state index is 11.1. The van der Waals surface area contributed by atoms with Crippen LogP contribution in [-0.2, 0) is 0 Å². The number of hydrogen-bond acceptors (Lipinski definition) is 4. The van der Waals surface area contributed by atoms with Crippen LogP contribution >= 0.6 is 0 Å². The third kappa shape index (κ3) is 2.03. The summed E-state index contributed by atoms with van der Waals surface area (Å²) in [7, 11) is 0. The van der Waals surface area contributed by atoms with Crippen LogP contribution < -0.4 is 4.90 Å². The Kier molecular flexibility index (Phi) is 2.85. The molecular weight excluding hydrogens is 206 g/mol. The van der Waals surface area contributed by atoms with Gasteiger partial charge >= 0.3 is 5.97 Å². The van der Waals surface area contributed by atoms with E-state index >= 15 is 0 Å². The summed E-state index contributed by atoms with van der Waals surface area (Å²) in [6, 6.07) is 1.86. The second-order valence-electron chi connectivity index (χ2n) is 3.75. The van der Waals surface area contributed by atoms with E-state index < -0.39 is 5.97 Å². The molecule has 1 heterocycles. The van der Waals surface area contributed by atoms with Crippen molar-refractivity contribution in [2.45, 2.75) is 18.9 Å². The second-order valence-corrected chi connectivity index (χ2v) is 3.75. The molecule has 1 aromatic rings. The lowest BCUT2D eigenvalue weighted by atomic mass is 10.2. The Morgan fingerprint density at radius 3 is 3.00 bits per heavy atom. The van der Waals surface area contributed by atoms with Crippen LogP contribution in [-0.4, -0.2) is 33.9 Å². The Hall–Kier alpha value is -1.91. The van der Waals surface area contributed by atoms with Gasteiger partial charge in [-0.3, -0.25) is 0 Å². The van der Waals surface area contributed by atoms with Gasteiger partial charge in [-0.2, -0.15) is 5.10 Å². The van der Waals surface area contributed by atoms with Gasteiger partial charge in [0.05, 0.1) is 6.20 Å².